The lowest BCUT2D eigenvalue weighted by Crippen LogP contribution is -2.35. The van der Waals surface area contributed by atoms with Gasteiger partial charge in [0.15, 0.2) is 0 Å². The molecule has 1 aromatic carbocycles. The summed E-state index contributed by atoms with van der Waals surface area (Å²) >= 11 is 0. The first-order valence-electron chi connectivity index (χ1n) is 8.55. The zero-order valence-corrected chi connectivity index (χ0v) is 13.8. The van der Waals surface area contributed by atoms with Gasteiger partial charge in [0.2, 0.25) is 0 Å². The third-order valence-corrected chi connectivity index (χ3v) is 5.04. The molecule has 1 unspecified atom stereocenters. The highest BCUT2D eigenvalue weighted by Gasteiger charge is 2.30. The maximum absolute atomic E-state index is 2.41. The van der Waals surface area contributed by atoms with Crippen molar-refractivity contribution in [2.75, 3.05) is 0 Å². The van der Waals surface area contributed by atoms with Gasteiger partial charge < -0.3 is 4.90 Å². The monoisotopic (exact) mass is 301 g/mol. The van der Waals surface area contributed by atoms with E-state index in [0.29, 0.717) is 17.9 Å². The fraction of sp³-hybridized carbons (Fsp3) is 0.273. The summed E-state index contributed by atoms with van der Waals surface area (Å²) in [6, 6.07) is 11.1. The molecule has 0 saturated heterocycles. The lowest BCUT2D eigenvalue weighted by molar-refractivity contribution is 0.406. The Balaban J connectivity index is 1.68. The molecule has 0 bridgehead atoms. The largest absolute Gasteiger partial charge is 0.344 e. The van der Waals surface area contributed by atoms with Gasteiger partial charge in [-0.15, -0.1) is 0 Å². The Bertz CT molecular complexity index is 743. The second-order valence-corrected chi connectivity index (χ2v) is 6.89. The zero-order chi connectivity index (χ0) is 15.8. The predicted molar refractivity (Wildman–Crippen MR) is 97.4 cm³/mol. The number of hydrogen-bond acceptors (Lipinski definition) is 1. The van der Waals surface area contributed by atoms with Crippen LogP contribution in [0.2, 0.25) is 0 Å². The average molecular weight is 301 g/mol. The topological polar surface area (TPSA) is 3.24 Å². The standard InChI is InChI=1S/C22H23N/c1-16(2)20-10-11-22-21-14-19(17-6-4-3-5-7-17)9-8-18(21)12-13-23(22)15-20/h3-7,9-16,18,22H,8H2,1-2H3/t18-,22?/m0/s1. The Morgan fingerprint density at radius 2 is 1.91 bits per heavy atom. The van der Waals surface area contributed by atoms with Crippen LogP contribution in [0.15, 0.2) is 84.3 Å². The van der Waals surface area contributed by atoms with Gasteiger partial charge in [-0.25, -0.2) is 0 Å². The molecule has 23 heavy (non-hydrogen) atoms. The van der Waals surface area contributed by atoms with Crippen molar-refractivity contribution in [1.29, 1.82) is 0 Å². The van der Waals surface area contributed by atoms with Gasteiger partial charge in [-0.1, -0.05) is 74.6 Å². The molecule has 116 valence electrons. The van der Waals surface area contributed by atoms with Crippen molar-refractivity contribution >= 4 is 5.57 Å². The molecular weight excluding hydrogens is 278 g/mol. The Morgan fingerprint density at radius 3 is 2.70 bits per heavy atom. The van der Waals surface area contributed by atoms with Crippen LogP contribution < -0.4 is 0 Å². The second kappa shape index (κ2) is 5.73. The van der Waals surface area contributed by atoms with Crippen molar-refractivity contribution in [2.45, 2.75) is 26.3 Å². The van der Waals surface area contributed by atoms with Crippen molar-refractivity contribution in [1.82, 2.24) is 4.90 Å². The van der Waals surface area contributed by atoms with Gasteiger partial charge in [0.1, 0.15) is 0 Å². The van der Waals surface area contributed by atoms with Crippen LogP contribution in [0.1, 0.15) is 25.8 Å². The van der Waals surface area contributed by atoms with Crippen LogP contribution >= 0.6 is 0 Å². The Hall–Kier alpha value is -2.28. The van der Waals surface area contributed by atoms with Crippen LogP contribution in [-0.4, -0.2) is 10.9 Å². The summed E-state index contributed by atoms with van der Waals surface area (Å²) < 4.78 is 0. The van der Waals surface area contributed by atoms with E-state index in [4.69, 9.17) is 0 Å². The van der Waals surface area contributed by atoms with Crippen LogP contribution in [0.3, 0.4) is 0 Å². The third kappa shape index (κ3) is 2.61. The fourth-order valence-corrected chi connectivity index (χ4v) is 3.62. The van der Waals surface area contributed by atoms with E-state index in [9.17, 15) is 0 Å². The molecule has 0 fully saturated rings. The first kappa shape index (κ1) is 14.3. The van der Waals surface area contributed by atoms with E-state index >= 15 is 0 Å². The van der Waals surface area contributed by atoms with Gasteiger partial charge in [0, 0.05) is 18.3 Å². The molecule has 0 saturated carbocycles. The van der Waals surface area contributed by atoms with E-state index < -0.39 is 0 Å². The molecule has 0 amide bonds. The molecule has 4 rings (SSSR count). The molecule has 0 aromatic heterocycles. The van der Waals surface area contributed by atoms with Crippen LogP contribution in [0.4, 0.5) is 0 Å². The lowest BCUT2D eigenvalue weighted by atomic mass is 9.79. The first-order chi connectivity index (χ1) is 11.2. The minimum Gasteiger partial charge on any atom is -0.344 e. The smallest absolute Gasteiger partial charge is 0.0736 e. The van der Waals surface area contributed by atoms with E-state index in [0.717, 1.165) is 6.42 Å². The number of rotatable bonds is 2. The van der Waals surface area contributed by atoms with Gasteiger partial charge in [0.25, 0.3) is 0 Å². The van der Waals surface area contributed by atoms with Crippen LogP contribution in [0.25, 0.3) is 5.57 Å². The van der Waals surface area contributed by atoms with E-state index in [1.54, 1.807) is 0 Å². The van der Waals surface area contributed by atoms with E-state index in [-0.39, 0.29) is 0 Å². The molecular formula is C22H23N. The van der Waals surface area contributed by atoms with Gasteiger partial charge in [0.05, 0.1) is 6.04 Å². The third-order valence-electron chi connectivity index (χ3n) is 5.04. The summed E-state index contributed by atoms with van der Waals surface area (Å²) in [6.07, 6.45) is 17.5. The van der Waals surface area contributed by atoms with Crippen molar-refractivity contribution in [2.24, 2.45) is 11.8 Å². The molecule has 0 spiro atoms. The Labute approximate surface area is 139 Å². The van der Waals surface area contributed by atoms with Crippen molar-refractivity contribution in [3.8, 4) is 0 Å². The number of allylic oxidation sites excluding steroid dienone is 6. The molecule has 2 atom stereocenters. The summed E-state index contributed by atoms with van der Waals surface area (Å²) in [4.78, 5) is 2.37. The summed E-state index contributed by atoms with van der Waals surface area (Å²) in [7, 11) is 0. The van der Waals surface area contributed by atoms with Crippen molar-refractivity contribution in [3.05, 3.63) is 89.8 Å². The molecule has 2 aliphatic heterocycles. The second-order valence-electron chi connectivity index (χ2n) is 6.89. The average Bonchev–Trinajstić information content (AvgIpc) is 2.61. The van der Waals surface area contributed by atoms with Gasteiger partial charge in [-0.2, -0.15) is 0 Å². The van der Waals surface area contributed by atoms with Gasteiger partial charge in [-0.05, 0) is 34.6 Å². The minimum absolute atomic E-state index is 0.375. The zero-order valence-electron chi connectivity index (χ0n) is 13.8. The van der Waals surface area contributed by atoms with E-state index in [1.165, 1.54) is 22.3 Å². The van der Waals surface area contributed by atoms with Gasteiger partial charge in [-0.3, -0.25) is 0 Å². The molecule has 2 heterocycles. The molecule has 1 aliphatic carbocycles. The lowest BCUT2D eigenvalue weighted by Gasteiger charge is -2.39. The normalized spacial score (nSPS) is 25.5. The Kier molecular flexibility index (Phi) is 3.57. The van der Waals surface area contributed by atoms with Crippen LogP contribution in [0, 0.1) is 11.8 Å². The van der Waals surface area contributed by atoms with Crippen molar-refractivity contribution in [3.63, 3.8) is 0 Å². The van der Waals surface area contributed by atoms with Crippen LogP contribution in [0.5, 0.6) is 0 Å². The maximum Gasteiger partial charge on any atom is 0.0736 e. The van der Waals surface area contributed by atoms with Crippen LogP contribution in [-0.2, 0) is 0 Å². The molecule has 1 aromatic rings. The van der Waals surface area contributed by atoms with E-state index in [1.807, 2.05) is 0 Å². The molecule has 1 heteroatoms. The number of nitrogens with zero attached hydrogens (tertiary/aromatic N) is 1. The maximum atomic E-state index is 2.41. The SMILES string of the molecule is CC(C)C1=CN2C=C[C@@H]3CC=C(c4ccccc4)C=C3C2C=C1. The fourth-order valence-electron chi connectivity index (χ4n) is 3.62. The summed E-state index contributed by atoms with van der Waals surface area (Å²) in [5.41, 5.74) is 5.60. The number of benzene rings is 1. The molecule has 0 N–H and O–H groups in total. The minimum atomic E-state index is 0.375. The predicted octanol–water partition coefficient (Wildman–Crippen LogP) is 5.32. The quantitative estimate of drug-likeness (QED) is 0.714. The van der Waals surface area contributed by atoms with Gasteiger partial charge >= 0.3 is 0 Å². The van der Waals surface area contributed by atoms with E-state index in [2.05, 4.69) is 91.9 Å². The Morgan fingerprint density at radius 1 is 1.09 bits per heavy atom. The highest BCUT2D eigenvalue weighted by atomic mass is 15.1. The summed E-state index contributed by atoms with van der Waals surface area (Å²) in [5, 5.41) is 0. The summed E-state index contributed by atoms with van der Waals surface area (Å²) in [5.74, 6) is 1.11. The molecule has 1 nitrogen and oxygen atoms in total. The first-order valence-corrected chi connectivity index (χ1v) is 8.55. The van der Waals surface area contributed by atoms with Crippen molar-refractivity contribution < 1.29 is 0 Å². The molecule has 0 radical (unpaired) electrons. The highest BCUT2D eigenvalue weighted by Crippen LogP contribution is 2.38. The summed E-state index contributed by atoms with van der Waals surface area (Å²) in [6.45, 7) is 4.51. The molecule has 3 aliphatic rings. The number of fused-ring (bicyclic) bond motifs is 3. The number of hydrogen-bond donors (Lipinski definition) is 0. The highest BCUT2D eigenvalue weighted by molar-refractivity contribution is 5.76.